The van der Waals surface area contributed by atoms with E-state index in [1.165, 1.54) is 0 Å². The van der Waals surface area contributed by atoms with E-state index < -0.39 is 0 Å². The molecular weight excluding hydrogens is 314 g/mol. The molecule has 0 aliphatic heterocycles. The van der Waals surface area contributed by atoms with Crippen LogP contribution in [0.3, 0.4) is 0 Å². The first-order chi connectivity index (χ1) is 4.13. The van der Waals surface area contributed by atoms with Gasteiger partial charge < -0.3 is 4.57 Å². The average Bonchev–Trinajstić information content (AvgIpc) is 1.98. The number of hydrogen-bond donors (Lipinski definition) is 0. The van der Waals surface area contributed by atoms with Crippen LogP contribution in [0, 0.1) is 0 Å². The molecule has 1 rings (SSSR count). The fourth-order valence-electron chi connectivity index (χ4n) is 0.515. The van der Waals surface area contributed by atoms with Gasteiger partial charge in [-0.2, -0.15) is 0 Å². The fourth-order valence-corrected chi connectivity index (χ4v) is 2.25. The lowest BCUT2D eigenvalue weighted by Crippen LogP contribution is -1.85. The first-order valence-electron chi connectivity index (χ1n) is 2.29. The van der Waals surface area contributed by atoms with Crippen LogP contribution in [0.4, 0.5) is 0 Å². The van der Waals surface area contributed by atoms with Gasteiger partial charge in [0.15, 0.2) is 0 Å². The van der Waals surface area contributed by atoms with Gasteiger partial charge in [-0.05, 0) is 53.9 Å². The van der Waals surface area contributed by atoms with E-state index >= 15 is 0 Å². The summed E-state index contributed by atoms with van der Waals surface area (Å²) in [5, 5.41) is 0. The second-order valence-electron chi connectivity index (χ2n) is 1.66. The van der Waals surface area contributed by atoms with Crippen LogP contribution in [0.1, 0.15) is 0 Å². The zero-order chi connectivity index (χ0) is 7.02. The number of hydrogen-bond acceptors (Lipinski definition) is 0. The summed E-state index contributed by atoms with van der Waals surface area (Å²) >= 11 is 10.1. The molecule has 0 spiro atoms. The Morgan fingerprint density at radius 1 is 1.33 bits per heavy atom. The quantitative estimate of drug-likeness (QED) is 0.692. The second kappa shape index (κ2) is 2.76. The van der Waals surface area contributed by atoms with Crippen LogP contribution in [0.15, 0.2) is 19.7 Å². The Bertz CT molecular complexity index is 206. The predicted octanol–water partition coefficient (Wildman–Crippen LogP) is 3.31. The van der Waals surface area contributed by atoms with Gasteiger partial charge in [0.2, 0.25) is 0 Å². The Hall–Kier alpha value is 0.720. The highest BCUT2D eigenvalue weighted by Gasteiger charge is 2.03. The minimum absolute atomic E-state index is 1.05. The lowest BCUT2D eigenvalue weighted by atomic mass is 10.7. The van der Waals surface area contributed by atoms with E-state index in [4.69, 9.17) is 0 Å². The smallest absolute Gasteiger partial charge is 0.0996 e. The summed E-state index contributed by atoms with van der Waals surface area (Å²) in [6, 6.07) is 1.99. The molecule has 4 heteroatoms. The standard InChI is InChI=1S/C5H4Br3N/c1-9-4(7)2-3(6)5(9)8/h2H,1H3. The summed E-state index contributed by atoms with van der Waals surface area (Å²) in [6.45, 7) is 0. The molecule has 0 saturated heterocycles. The molecule has 1 aromatic heterocycles. The topological polar surface area (TPSA) is 4.93 Å². The highest BCUT2D eigenvalue weighted by Crippen LogP contribution is 2.28. The molecule has 0 fully saturated rings. The molecule has 0 amide bonds. The third kappa shape index (κ3) is 1.41. The molecule has 1 aromatic rings. The first-order valence-corrected chi connectivity index (χ1v) is 4.67. The van der Waals surface area contributed by atoms with Crippen LogP contribution in [0.5, 0.6) is 0 Å². The molecule has 1 heterocycles. The Kier molecular flexibility index (Phi) is 2.40. The van der Waals surface area contributed by atoms with E-state index in [9.17, 15) is 0 Å². The molecule has 0 aliphatic carbocycles. The maximum absolute atomic E-state index is 3.39. The second-order valence-corrected chi connectivity index (χ2v) is 4.08. The van der Waals surface area contributed by atoms with Gasteiger partial charge in [-0.15, -0.1) is 0 Å². The number of nitrogens with zero attached hydrogens (tertiary/aromatic N) is 1. The Morgan fingerprint density at radius 2 is 1.89 bits per heavy atom. The summed E-state index contributed by atoms with van der Waals surface area (Å²) < 4.78 is 5.16. The van der Waals surface area contributed by atoms with E-state index in [2.05, 4.69) is 47.8 Å². The lowest BCUT2D eigenvalue weighted by molar-refractivity contribution is 0.875. The van der Waals surface area contributed by atoms with Gasteiger partial charge >= 0.3 is 0 Å². The Balaban J connectivity index is 3.29. The summed E-state index contributed by atoms with van der Waals surface area (Å²) in [6.07, 6.45) is 0. The monoisotopic (exact) mass is 315 g/mol. The van der Waals surface area contributed by atoms with E-state index in [0.717, 1.165) is 13.7 Å². The van der Waals surface area contributed by atoms with Gasteiger partial charge in [-0.1, -0.05) is 0 Å². The van der Waals surface area contributed by atoms with Crippen molar-refractivity contribution in [3.63, 3.8) is 0 Å². The van der Waals surface area contributed by atoms with Crippen LogP contribution in [-0.2, 0) is 7.05 Å². The van der Waals surface area contributed by atoms with E-state index in [-0.39, 0.29) is 0 Å². The van der Waals surface area contributed by atoms with E-state index in [0.29, 0.717) is 0 Å². The van der Waals surface area contributed by atoms with Crippen molar-refractivity contribution in [2.45, 2.75) is 0 Å². The molecular formula is C5H4Br3N. The van der Waals surface area contributed by atoms with Crippen LogP contribution < -0.4 is 0 Å². The molecule has 0 radical (unpaired) electrons. The first kappa shape index (κ1) is 7.82. The minimum atomic E-state index is 1.05. The van der Waals surface area contributed by atoms with Crippen LogP contribution in [0.25, 0.3) is 0 Å². The summed E-state index contributed by atoms with van der Waals surface area (Å²) in [4.78, 5) is 0. The average molecular weight is 318 g/mol. The van der Waals surface area contributed by atoms with Gasteiger partial charge in [0.05, 0.1) is 13.7 Å². The van der Waals surface area contributed by atoms with E-state index in [1.54, 1.807) is 0 Å². The van der Waals surface area contributed by atoms with Crippen LogP contribution in [-0.4, -0.2) is 4.57 Å². The third-order valence-corrected chi connectivity index (χ3v) is 3.91. The van der Waals surface area contributed by atoms with Crippen molar-refractivity contribution in [1.29, 1.82) is 0 Å². The molecule has 50 valence electrons. The van der Waals surface area contributed by atoms with Crippen molar-refractivity contribution in [2.75, 3.05) is 0 Å². The highest BCUT2D eigenvalue weighted by atomic mass is 79.9. The maximum Gasteiger partial charge on any atom is 0.0996 e. The van der Waals surface area contributed by atoms with Crippen LogP contribution in [0.2, 0.25) is 0 Å². The zero-order valence-electron chi connectivity index (χ0n) is 4.66. The molecule has 0 unspecified atom stereocenters. The summed E-state index contributed by atoms with van der Waals surface area (Å²) in [5.41, 5.74) is 0. The minimum Gasteiger partial charge on any atom is -0.332 e. The zero-order valence-corrected chi connectivity index (χ0v) is 9.42. The molecule has 0 aromatic carbocycles. The molecule has 0 saturated carbocycles. The number of halogens is 3. The molecule has 1 nitrogen and oxygen atoms in total. The van der Waals surface area contributed by atoms with Crippen molar-refractivity contribution in [1.82, 2.24) is 4.57 Å². The van der Waals surface area contributed by atoms with Crippen molar-refractivity contribution in [2.24, 2.45) is 7.05 Å². The summed E-state index contributed by atoms with van der Waals surface area (Å²) in [7, 11) is 1.97. The SMILES string of the molecule is Cn1c(Br)cc(Br)c1Br. The Morgan fingerprint density at radius 3 is 2.00 bits per heavy atom. The maximum atomic E-state index is 3.39. The van der Waals surface area contributed by atoms with Gasteiger partial charge in [0.1, 0.15) is 0 Å². The largest absolute Gasteiger partial charge is 0.332 e. The Labute approximate surface area is 78.8 Å². The normalized spacial score (nSPS) is 10.2. The molecule has 0 atom stereocenters. The highest BCUT2D eigenvalue weighted by molar-refractivity contribution is 9.13. The fraction of sp³-hybridized carbons (Fsp3) is 0.200. The van der Waals surface area contributed by atoms with Crippen molar-refractivity contribution >= 4 is 47.8 Å². The van der Waals surface area contributed by atoms with Crippen molar-refractivity contribution in [3.05, 3.63) is 19.7 Å². The van der Waals surface area contributed by atoms with Gasteiger partial charge in [-0.25, -0.2) is 0 Å². The van der Waals surface area contributed by atoms with Crippen molar-refractivity contribution < 1.29 is 0 Å². The number of rotatable bonds is 0. The van der Waals surface area contributed by atoms with Gasteiger partial charge in [0.25, 0.3) is 0 Å². The molecule has 0 N–H and O–H groups in total. The van der Waals surface area contributed by atoms with Gasteiger partial charge in [0, 0.05) is 7.05 Å². The lowest BCUT2D eigenvalue weighted by Gasteiger charge is -1.93. The van der Waals surface area contributed by atoms with Crippen molar-refractivity contribution in [3.8, 4) is 0 Å². The predicted molar refractivity (Wildman–Crippen MR) is 48.5 cm³/mol. The molecule has 9 heavy (non-hydrogen) atoms. The third-order valence-electron chi connectivity index (χ3n) is 1.06. The summed E-state index contributed by atoms with van der Waals surface area (Å²) in [5.74, 6) is 0. The molecule has 0 bridgehead atoms. The van der Waals surface area contributed by atoms with E-state index in [1.807, 2.05) is 17.7 Å². The molecule has 0 aliphatic rings. The van der Waals surface area contributed by atoms with Crippen LogP contribution >= 0.6 is 47.8 Å². The van der Waals surface area contributed by atoms with Gasteiger partial charge in [-0.3, -0.25) is 0 Å². The number of aromatic nitrogens is 1.